The van der Waals surface area contributed by atoms with Gasteiger partial charge in [0.25, 0.3) is 0 Å². The van der Waals surface area contributed by atoms with Gasteiger partial charge in [-0.15, -0.1) is 23.5 Å². The van der Waals surface area contributed by atoms with Gasteiger partial charge >= 0.3 is 6.03 Å². The summed E-state index contributed by atoms with van der Waals surface area (Å²) in [4.78, 5) is 13.3. The predicted molar refractivity (Wildman–Crippen MR) is 171 cm³/mol. The highest BCUT2D eigenvalue weighted by Gasteiger charge is 2.31. The Kier molecular flexibility index (Phi) is 11.9. The first-order chi connectivity index (χ1) is 20.8. The van der Waals surface area contributed by atoms with E-state index in [2.05, 4.69) is 11.4 Å². The Bertz CT molecular complexity index is 1370. The number of carbonyl (C=O) groups excluding carboxylic acids is 1. The van der Waals surface area contributed by atoms with Gasteiger partial charge in [-0.1, -0.05) is 11.6 Å². The molecule has 0 aliphatic carbocycles. The van der Waals surface area contributed by atoms with Crippen molar-refractivity contribution in [2.75, 3.05) is 47.8 Å². The molecule has 0 radical (unpaired) electrons. The summed E-state index contributed by atoms with van der Waals surface area (Å²) in [5.41, 5.74) is 2.93. The number of nitrogens with one attached hydrogen (secondary N) is 1. The topological polar surface area (TPSA) is 98.7 Å². The molecule has 0 bridgehead atoms. The Hall–Kier alpha value is -3.12. The van der Waals surface area contributed by atoms with E-state index < -0.39 is 6.03 Å². The van der Waals surface area contributed by atoms with E-state index in [1.807, 2.05) is 54.2 Å². The van der Waals surface area contributed by atoms with Gasteiger partial charge in [0, 0.05) is 45.3 Å². The van der Waals surface area contributed by atoms with Crippen LogP contribution in [0.2, 0.25) is 5.02 Å². The maximum absolute atomic E-state index is 12.2. The summed E-state index contributed by atoms with van der Waals surface area (Å²) >= 11 is 9.51. The summed E-state index contributed by atoms with van der Waals surface area (Å²) < 4.78 is 28.7. The molecule has 12 heteroatoms. The molecule has 0 saturated carbocycles. The minimum Gasteiger partial charge on any atom is -0.493 e. The molecule has 2 N–H and O–H groups in total. The number of urea groups is 1. The highest BCUT2D eigenvalue weighted by Crippen LogP contribution is 2.55. The summed E-state index contributed by atoms with van der Waals surface area (Å²) in [6, 6.07) is 15.1. The van der Waals surface area contributed by atoms with Crippen molar-refractivity contribution in [3.8, 4) is 28.7 Å². The van der Waals surface area contributed by atoms with E-state index in [4.69, 9.17) is 35.3 Å². The van der Waals surface area contributed by atoms with E-state index in [9.17, 15) is 10.0 Å². The number of amides is 2. The third-order valence-corrected chi connectivity index (χ3v) is 9.86. The lowest BCUT2D eigenvalue weighted by Crippen LogP contribution is -2.34. The quantitative estimate of drug-likeness (QED) is 0.0851. The van der Waals surface area contributed by atoms with Crippen LogP contribution in [0.4, 0.5) is 4.79 Å². The Labute approximate surface area is 266 Å². The number of carbonyl (C=O) groups is 1. The molecule has 232 valence electrons. The number of hydroxylamine groups is 2. The van der Waals surface area contributed by atoms with Crippen LogP contribution in [0.1, 0.15) is 40.0 Å². The molecule has 43 heavy (non-hydrogen) atoms. The molecule has 4 rings (SSSR count). The van der Waals surface area contributed by atoms with Crippen LogP contribution in [-0.2, 0) is 6.54 Å². The minimum absolute atomic E-state index is 0.154. The Morgan fingerprint density at radius 2 is 1.49 bits per heavy atom. The second kappa shape index (κ2) is 15.6. The van der Waals surface area contributed by atoms with Crippen molar-refractivity contribution in [2.24, 2.45) is 0 Å². The second-order valence-corrected chi connectivity index (χ2v) is 12.7. The number of ether oxygens (including phenoxy) is 5. The zero-order valence-electron chi connectivity index (χ0n) is 24.8. The standard InChI is InChI=1S/C31H37ClN2O7S2/c1-34(36)31(35)33-18-21-14-19(15-24(37-2)29(21)41-12-13-42-23-8-6-22(32)7-9-23)27-10-11-28(43-27)20-16-25(38-3)30(40-5)26(17-20)39-4/h6-9,14-17,27-28,36H,10-13,18H2,1-5H3,(H,33,35). The molecule has 1 fully saturated rings. The van der Waals surface area contributed by atoms with E-state index in [-0.39, 0.29) is 17.0 Å². The molecule has 3 aromatic rings. The van der Waals surface area contributed by atoms with Crippen molar-refractivity contribution in [1.29, 1.82) is 0 Å². The Balaban J connectivity index is 1.54. The van der Waals surface area contributed by atoms with Crippen molar-refractivity contribution in [2.45, 2.75) is 34.8 Å². The first-order valence-electron chi connectivity index (χ1n) is 13.7. The molecule has 2 atom stereocenters. The molecule has 1 aliphatic rings. The summed E-state index contributed by atoms with van der Waals surface area (Å²) in [6.45, 7) is 0.576. The highest BCUT2D eigenvalue weighted by atomic mass is 35.5. The molecule has 1 aliphatic heterocycles. The fourth-order valence-electron chi connectivity index (χ4n) is 4.85. The average molecular weight is 649 g/mol. The third kappa shape index (κ3) is 8.29. The van der Waals surface area contributed by atoms with Crippen molar-refractivity contribution < 1.29 is 33.7 Å². The van der Waals surface area contributed by atoms with E-state index in [0.29, 0.717) is 51.2 Å². The molecule has 3 aromatic carbocycles. The van der Waals surface area contributed by atoms with Crippen LogP contribution in [-0.4, -0.2) is 64.1 Å². The molecule has 0 spiro atoms. The van der Waals surface area contributed by atoms with Gasteiger partial charge in [-0.05, 0) is 72.5 Å². The minimum atomic E-state index is -0.619. The van der Waals surface area contributed by atoms with Gasteiger partial charge in [0.2, 0.25) is 5.75 Å². The molecule has 2 amide bonds. The molecule has 2 unspecified atom stereocenters. The van der Waals surface area contributed by atoms with E-state index in [1.54, 1.807) is 40.2 Å². The van der Waals surface area contributed by atoms with Crippen molar-refractivity contribution in [3.63, 3.8) is 0 Å². The number of rotatable bonds is 13. The van der Waals surface area contributed by atoms with Gasteiger partial charge in [-0.2, -0.15) is 0 Å². The molecule has 0 aromatic heterocycles. The molecular formula is C31H37ClN2O7S2. The van der Waals surface area contributed by atoms with Gasteiger partial charge in [0.15, 0.2) is 23.0 Å². The number of hydrogen-bond acceptors (Lipinski definition) is 9. The van der Waals surface area contributed by atoms with Crippen molar-refractivity contribution in [1.82, 2.24) is 10.4 Å². The Morgan fingerprint density at radius 3 is 2.02 bits per heavy atom. The second-order valence-electron chi connectivity index (χ2n) is 9.69. The lowest BCUT2D eigenvalue weighted by molar-refractivity contribution is -0.0184. The zero-order valence-corrected chi connectivity index (χ0v) is 27.2. The van der Waals surface area contributed by atoms with Crippen LogP contribution >= 0.6 is 35.1 Å². The third-order valence-electron chi connectivity index (χ3n) is 6.96. The fraction of sp³-hybridized carbons (Fsp3) is 0.387. The van der Waals surface area contributed by atoms with E-state index in [1.165, 1.54) is 7.05 Å². The Morgan fingerprint density at radius 1 is 0.930 bits per heavy atom. The van der Waals surface area contributed by atoms with Gasteiger partial charge in [0.05, 0.1) is 35.0 Å². The van der Waals surface area contributed by atoms with Gasteiger partial charge in [-0.25, -0.2) is 9.86 Å². The number of methoxy groups -OCH3 is 4. The van der Waals surface area contributed by atoms with Gasteiger partial charge < -0.3 is 29.0 Å². The van der Waals surface area contributed by atoms with Crippen LogP contribution in [0.5, 0.6) is 28.7 Å². The van der Waals surface area contributed by atoms with Crippen molar-refractivity contribution >= 4 is 41.2 Å². The maximum atomic E-state index is 12.2. The molecular weight excluding hydrogens is 612 g/mol. The SMILES string of the molecule is COc1cc(C2CCC(c3cc(OC)c(OC)c(OC)c3)S2)cc(CNC(=O)N(C)O)c1OCCSc1ccc(Cl)cc1. The predicted octanol–water partition coefficient (Wildman–Crippen LogP) is 7.39. The lowest BCUT2D eigenvalue weighted by atomic mass is 10.0. The summed E-state index contributed by atoms with van der Waals surface area (Å²) in [7, 11) is 7.72. The number of hydrogen-bond donors (Lipinski definition) is 2. The first kappa shape index (κ1) is 32.8. The van der Waals surface area contributed by atoms with Crippen LogP contribution < -0.4 is 29.0 Å². The maximum Gasteiger partial charge on any atom is 0.341 e. The van der Waals surface area contributed by atoms with Gasteiger partial charge in [0.1, 0.15) is 0 Å². The fourth-order valence-corrected chi connectivity index (χ4v) is 7.23. The summed E-state index contributed by atoms with van der Waals surface area (Å²) in [5.74, 6) is 3.68. The lowest BCUT2D eigenvalue weighted by Gasteiger charge is -2.21. The number of thioether (sulfide) groups is 2. The van der Waals surface area contributed by atoms with Gasteiger partial charge in [-0.3, -0.25) is 5.21 Å². The normalized spacial score (nSPS) is 16.0. The monoisotopic (exact) mass is 648 g/mol. The zero-order chi connectivity index (χ0) is 30.9. The van der Waals surface area contributed by atoms with Crippen LogP contribution in [0, 0.1) is 0 Å². The molecule has 1 saturated heterocycles. The summed E-state index contributed by atoms with van der Waals surface area (Å²) in [5, 5.41) is 13.9. The highest BCUT2D eigenvalue weighted by molar-refractivity contribution is 8.00. The molecule has 1 heterocycles. The number of benzene rings is 3. The van der Waals surface area contributed by atoms with Crippen LogP contribution in [0.25, 0.3) is 0 Å². The number of halogens is 1. The van der Waals surface area contributed by atoms with E-state index in [0.717, 1.165) is 34.4 Å². The van der Waals surface area contributed by atoms with Crippen molar-refractivity contribution in [3.05, 3.63) is 70.2 Å². The first-order valence-corrected chi connectivity index (χ1v) is 16.0. The largest absolute Gasteiger partial charge is 0.493 e. The smallest absolute Gasteiger partial charge is 0.341 e. The number of nitrogens with zero attached hydrogens (tertiary/aromatic N) is 1. The van der Waals surface area contributed by atoms with Crippen LogP contribution in [0.3, 0.4) is 0 Å². The average Bonchev–Trinajstić information content (AvgIpc) is 3.52. The van der Waals surface area contributed by atoms with E-state index >= 15 is 0 Å². The molecule has 9 nitrogen and oxygen atoms in total. The summed E-state index contributed by atoms with van der Waals surface area (Å²) in [6.07, 6.45) is 1.90. The van der Waals surface area contributed by atoms with Crippen LogP contribution in [0.15, 0.2) is 53.4 Å².